The molecular formula is C23H39N. The maximum absolute atomic E-state index is 4.50. The minimum atomic E-state index is 0.263. The van der Waals surface area contributed by atoms with Crippen molar-refractivity contribution in [2.75, 3.05) is 7.05 Å². The predicted molar refractivity (Wildman–Crippen MR) is 107 cm³/mol. The average molecular weight is 330 g/mol. The van der Waals surface area contributed by atoms with Crippen molar-refractivity contribution in [1.82, 2.24) is 0 Å². The van der Waals surface area contributed by atoms with Crippen LogP contribution in [0.4, 0.5) is 0 Å². The molecule has 3 rings (SSSR count). The summed E-state index contributed by atoms with van der Waals surface area (Å²) in [5, 5.41) is 0. The molecule has 0 aliphatic heterocycles. The lowest BCUT2D eigenvalue weighted by Gasteiger charge is -2.56. The monoisotopic (exact) mass is 329 g/mol. The summed E-state index contributed by atoms with van der Waals surface area (Å²) in [6.45, 7) is 13.8. The molecule has 0 radical (unpaired) electrons. The molecule has 1 heteroatoms. The molecule has 0 aromatic rings. The summed E-state index contributed by atoms with van der Waals surface area (Å²) in [4.78, 5) is 0. The van der Waals surface area contributed by atoms with Crippen LogP contribution in [0.3, 0.4) is 0 Å². The van der Waals surface area contributed by atoms with E-state index in [0.29, 0.717) is 5.41 Å². The van der Waals surface area contributed by atoms with E-state index in [1.807, 2.05) is 6.08 Å². The molecule has 24 heavy (non-hydrogen) atoms. The van der Waals surface area contributed by atoms with Crippen LogP contribution < -0.4 is 5.73 Å². The predicted octanol–water partition coefficient (Wildman–Crippen LogP) is 6.13. The molecule has 1 nitrogen and oxygen atoms in total. The van der Waals surface area contributed by atoms with Gasteiger partial charge in [0.05, 0.1) is 0 Å². The zero-order valence-electron chi connectivity index (χ0n) is 16.6. The quantitative estimate of drug-likeness (QED) is 0.606. The van der Waals surface area contributed by atoms with E-state index >= 15 is 0 Å². The van der Waals surface area contributed by atoms with E-state index < -0.39 is 0 Å². The number of allylic oxidation sites excluding steroid dienone is 5. The standard InChI is InChI=1S/C22H34.CH5N/c1-6-8-17-10-11-18-19-12-9-16(3)21(19,4)15-13-20(18)22(17,5)14-7-2;1-2/h6-8,14,16,18-20H,1,9-13,15H2,2-5H3;2H2,1H3/b14-7-,17-8-;. The first-order valence-electron chi connectivity index (χ1n) is 10.0. The van der Waals surface area contributed by atoms with Gasteiger partial charge in [0.15, 0.2) is 0 Å². The Hall–Kier alpha value is -0.820. The highest BCUT2D eigenvalue weighted by Gasteiger charge is 2.56. The van der Waals surface area contributed by atoms with E-state index in [4.69, 9.17) is 0 Å². The van der Waals surface area contributed by atoms with Gasteiger partial charge in [-0.05, 0) is 81.6 Å². The number of fused-ring (bicyclic) bond motifs is 3. The van der Waals surface area contributed by atoms with Crippen LogP contribution in [-0.4, -0.2) is 7.05 Å². The summed E-state index contributed by atoms with van der Waals surface area (Å²) < 4.78 is 0. The first-order valence-corrected chi connectivity index (χ1v) is 10.0. The zero-order valence-corrected chi connectivity index (χ0v) is 16.6. The molecule has 6 unspecified atom stereocenters. The SMILES string of the molecule is C=C/C=C1/CCC2C(CCC3(C)C(C)CCC23)C1(C)/C=C\C.CN. The van der Waals surface area contributed by atoms with E-state index in [0.717, 1.165) is 23.7 Å². The minimum Gasteiger partial charge on any atom is -0.333 e. The second kappa shape index (κ2) is 7.60. The largest absolute Gasteiger partial charge is 0.333 e. The van der Waals surface area contributed by atoms with Crippen molar-refractivity contribution in [2.24, 2.45) is 40.2 Å². The Kier molecular flexibility index (Phi) is 6.18. The van der Waals surface area contributed by atoms with E-state index in [2.05, 4.69) is 58.2 Å². The highest BCUT2D eigenvalue weighted by Crippen LogP contribution is 2.65. The second-order valence-corrected chi connectivity index (χ2v) is 8.65. The number of hydrogen-bond acceptors (Lipinski definition) is 1. The molecular weight excluding hydrogens is 290 g/mol. The topological polar surface area (TPSA) is 26.0 Å². The van der Waals surface area contributed by atoms with Gasteiger partial charge in [-0.15, -0.1) is 0 Å². The van der Waals surface area contributed by atoms with Crippen molar-refractivity contribution in [3.8, 4) is 0 Å². The maximum atomic E-state index is 4.50. The molecule has 0 aromatic heterocycles. The van der Waals surface area contributed by atoms with Gasteiger partial charge in [-0.25, -0.2) is 0 Å². The van der Waals surface area contributed by atoms with Crippen LogP contribution in [0.5, 0.6) is 0 Å². The normalized spacial score (nSPS) is 46.2. The highest BCUT2D eigenvalue weighted by molar-refractivity contribution is 5.30. The van der Waals surface area contributed by atoms with Crippen LogP contribution in [0.15, 0.2) is 36.5 Å². The Morgan fingerprint density at radius 1 is 1.08 bits per heavy atom. The van der Waals surface area contributed by atoms with Gasteiger partial charge in [-0.3, -0.25) is 0 Å². The fraction of sp³-hybridized carbons (Fsp3) is 0.739. The Labute approximate surface area is 150 Å². The van der Waals surface area contributed by atoms with Gasteiger partial charge in [0.25, 0.3) is 0 Å². The third-order valence-corrected chi connectivity index (χ3v) is 7.95. The maximum Gasteiger partial charge on any atom is 0.00964 e. The van der Waals surface area contributed by atoms with Gasteiger partial charge in [0.1, 0.15) is 0 Å². The van der Waals surface area contributed by atoms with Crippen molar-refractivity contribution in [1.29, 1.82) is 0 Å². The molecule has 0 spiro atoms. The summed E-state index contributed by atoms with van der Waals surface area (Å²) in [6, 6.07) is 0. The van der Waals surface area contributed by atoms with E-state index in [-0.39, 0.29) is 5.41 Å². The number of nitrogens with two attached hydrogens (primary N) is 1. The molecule has 136 valence electrons. The van der Waals surface area contributed by atoms with Gasteiger partial charge in [-0.1, -0.05) is 57.2 Å². The van der Waals surface area contributed by atoms with Crippen LogP contribution in [0, 0.1) is 34.5 Å². The molecule has 3 saturated carbocycles. The van der Waals surface area contributed by atoms with Crippen molar-refractivity contribution in [3.05, 3.63) is 36.5 Å². The van der Waals surface area contributed by atoms with E-state index in [9.17, 15) is 0 Å². The van der Waals surface area contributed by atoms with Crippen LogP contribution in [-0.2, 0) is 0 Å². The van der Waals surface area contributed by atoms with E-state index in [1.54, 1.807) is 5.57 Å². The first-order chi connectivity index (χ1) is 11.5. The molecule has 3 fully saturated rings. The van der Waals surface area contributed by atoms with Crippen molar-refractivity contribution in [3.63, 3.8) is 0 Å². The Morgan fingerprint density at radius 2 is 1.79 bits per heavy atom. The molecule has 6 atom stereocenters. The fourth-order valence-corrected chi connectivity index (χ4v) is 6.51. The summed E-state index contributed by atoms with van der Waals surface area (Å²) >= 11 is 0. The van der Waals surface area contributed by atoms with Gasteiger partial charge in [0, 0.05) is 5.41 Å². The smallest absolute Gasteiger partial charge is 0.00964 e. The summed E-state index contributed by atoms with van der Waals surface area (Å²) in [5.74, 6) is 3.67. The number of rotatable bonds is 2. The van der Waals surface area contributed by atoms with Gasteiger partial charge < -0.3 is 5.73 Å². The van der Waals surface area contributed by atoms with Crippen LogP contribution in [0.25, 0.3) is 0 Å². The lowest BCUT2D eigenvalue weighted by atomic mass is 9.48. The molecule has 0 saturated heterocycles. The van der Waals surface area contributed by atoms with E-state index in [1.165, 1.54) is 45.6 Å². The third-order valence-electron chi connectivity index (χ3n) is 7.95. The van der Waals surface area contributed by atoms with Gasteiger partial charge >= 0.3 is 0 Å². The molecule has 0 amide bonds. The average Bonchev–Trinajstić information content (AvgIpc) is 2.88. The molecule has 3 aliphatic rings. The molecule has 0 heterocycles. The first kappa shape index (κ1) is 19.5. The minimum absolute atomic E-state index is 0.263. The zero-order chi connectivity index (χ0) is 18.0. The van der Waals surface area contributed by atoms with Crippen LogP contribution in [0.2, 0.25) is 0 Å². The van der Waals surface area contributed by atoms with Crippen molar-refractivity contribution in [2.45, 2.75) is 66.2 Å². The summed E-state index contributed by atoms with van der Waals surface area (Å²) in [5.41, 5.74) is 7.01. The lowest BCUT2D eigenvalue weighted by molar-refractivity contribution is -0.0301. The molecule has 2 N–H and O–H groups in total. The summed E-state index contributed by atoms with van der Waals surface area (Å²) in [7, 11) is 1.50. The molecule has 0 aromatic carbocycles. The Bertz CT molecular complexity index is 502. The highest BCUT2D eigenvalue weighted by atomic mass is 14.6. The van der Waals surface area contributed by atoms with Gasteiger partial charge in [-0.2, -0.15) is 0 Å². The number of hydrogen-bond donors (Lipinski definition) is 1. The van der Waals surface area contributed by atoms with Crippen LogP contribution >= 0.6 is 0 Å². The lowest BCUT2D eigenvalue weighted by Crippen LogP contribution is -2.48. The fourth-order valence-electron chi connectivity index (χ4n) is 6.51. The van der Waals surface area contributed by atoms with Crippen molar-refractivity contribution >= 4 is 0 Å². The molecule has 0 bridgehead atoms. The van der Waals surface area contributed by atoms with Gasteiger partial charge in [0.2, 0.25) is 0 Å². The molecule has 3 aliphatic carbocycles. The van der Waals surface area contributed by atoms with Crippen LogP contribution in [0.1, 0.15) is 66.2 Å². The Balaban J connectivity index is 0.00000100. The van der Waals surface area contributed by atoms with Crippen molar-refractivity contribution < 1.29 is 0 Å². The third kappa shape index (κ3) is 2.94. The Morgan fingerprint density at radius 3 is 2.42 bits per heavy atom. The summed E-state index contributed by atoms with van der Waals surface area (Å²) in [6.07, 6.45) is 17.6. The second-order valence-electron chi connectivity index (χ2n) is 8.65.